The zero-order valence-electron chi connectivity index (χ0n) is 7.65. The molecule has 0 aromatic carbocycles. The fourth-order valence-corrected chi connectivity index (χ4v) is 1.79. The third kappa shape index (κ3) is 2.20. The number of hydrogen-bond acceptors (Lipinski definition) is 4. The van der Waals surface area contributed by atoms with Crippen molar-refractivity contribution in [2.75, 3.05) is 26.4 Å². The van der Waals surface area contributed by atoms with Crippen LogP contribution in [0.5, 0.6) is 0 Å². The van der Waals surface area contributed by atoms with Crippen LogP contribution in [0.25, 0.3) is 0 Å². The summed E-state index contributed by atoms with van der Waals surface area (Å²) in [6.07, 6.45) is 1.89. The van der Waals surface area contributed by atoms with Gasteiger partial charge in [0.05, 0.1) is 19.8 Å². The van der Waals surface area contributed by atoms with E-state index in [1.54, 1.807) is 0 Å². The predicted molar refractivity (Wildman–Crippen MR) is 45.2 cm³/mol. The van der Waals surface area contributed by atoms with Crippen molar-refractivity contribution in [3.05, 3.63) is 0 Å². The summed E-state index contributed by atoms with van der Waals surface area (Å²) in [4.78, 5) is 0. The van der Waals surface area contributed by atoms with Gasteiger partial charge in [-0.25, -0.2) is 0 Å². The average molecular weight is 188 g/mol. The fourth-order valence-electron chi connectivity index (χ4n) is 1.79. The Morgan fingerprint density at radius 2 is 2.23 bits per heavy atom. The molecule has 0 amide bonds. The molecule has 0 aromatic rings. The van der Waals surface area contributed by atoms with Crippen molar-refractivity contribution in [2.24, 2.45) is 5.92 Å². The van der Waals surface area contributed by atoms with E-state index in [9.17, 15) is 0 Å². The van der Waals surface area contributed by atoms with E-state index in [1.807, 2.05) is 0 Å². The molecular weight excluding hydrogens is 172 g/mol. The van der Waals surface area contributed by atoms with Crippen molar-refractivity contribution in [3.63, 3.8) is 0 Å². The van der Waals surface area contributed by atoms with Crippen LogP contribution in [0.2, 0.25) is 0 Å². The van der Waals surface area contributed by atoms with Crippen LogP contribution < -0.4 is 0 Å². The third-order valence-electron chi connectivity index (χ3n) is 2.56. The molecule has 3 atom stereocenters. The number of aliphatic hydroxyl groups excluding tert-OH is 1. The largest absolute Gasteiger partial charge is 0.394 e. The van der Waals surface area contributed by atoms with Crippen molar-refractivity contribution < 1.29 is 19.3 Å². The fraction of sp³-hybridized carbons (Fsp3) is 1.00. The van der Waals surface area contributed by atoms with Crippen LogP contribution in [0.3, 0.4) is 0 Å². The maximum atomic E-state index is 8.85. The van der Waals surface area contributed by atoms with Gasteiger partial charge in [-0.15, -0.1) is 0 Å². The highest BCUT2D eigenvalue weighted by atomic mass is 16.7. The molecule has 0 aromatic heterocycles. The first-order chi connectivity index (χ1) is 6.40. The van der Waals surface area contributed by atoms with E-state index in [4.69, 9.17) is 19.3 Å². The minimum Gasteiger partial charge on any atom is -0.394 e. The minimum absolute atomic E-state index is 0.0457. The van der Waals surface area contributed by atoms with Crippen LogP contribution in [-0.2, 0) is 14.2 Å². The van der Waals surface area contributed by atoms with Crippen molar-refractivity contribution in [1.82, 2.24) is 0 Å². The summed E-state index contributed by atoms with van der Waals surface area (Å²) in [5.41, 5.74) is 0. The number of rotatable bonds is 2. The average Bonchev–Trinajstić information content (AvgIpc) is 2.67. The SMILES string of the molecule is OCC1COC(C2CCCOC2)O1. The van der Waals surface area contributed by atoms with Gasteiger partial charge in [0.15, 0.2) is 6.29 Å². The van der Waals surface area contributed by atoms with Crippen LogP contribution in [0.15, 0.2) is 0 Å². The summed E-state index contributed by atoms with van der Waals surface area (Å²) in [5, 5.41) is 8.85. The molecule has 2 aliphatic rings. The highest BCUT2D eigenvalue weighted by Crippen LogP contribution is 2.25. The number of ether oxygens (including phenoxy) is 3. The van der Waals surface area contributed by atoms with Gasteiger partial charge in [-0.3, -0.25) is 0 Å². The molecule has 4 nitrogen and oxygen atoms in total. The molecule has 2 rings (SSSR count). The molecule has 2 fully saturated rings. The van der Waals surface area contributed by atoms with Crippen LogP contribution in [0.4, 0.5) is 0 Å². The second kappa shape index (κ2) is 4.37. The van der Waals surface area contributed by atoms with Gasteiger partial charge >= 0.3 is 0 Å². The van der Waals surface area contributed by atoms with Crippen molar-refractivity contribution in [1.29, 1.82) is 0 Å². The van der Waals surface area contributed by atoms with Gasteiger partial charge < -0.3 is 19.3 Å². The normalized spacial score (nSPS) is 40.8. The molecule has 0 saturated carbocycles. The molecular formula is C9H16O4. The van der Waals surface area contributed by atoms with E-state index in [0.717, 1.165) is 26.1 Å². The van der Waals surface area contributed by atoms with E-state index in [0.29, 0.717) is 12.5 Å². The maximum absolute atomic E-state index is 8.85. The van der Waals surface area contributed by atoms with E-state index in [2.05, 4.69) is 0 Å². The molecule has 0 radical (unpaired) electrons. The minimum atomic E-state index is -0.155. The molecule has 76 valence electrons. The predicted octanol–water partition coefficient (Wildman–Crippen LogP) is 0.147. The first-order valence-corrected chi connectivity index (χ1v) is 4.86. The quantitative estimate of drug-likeness (QED) is 0.670. The maximum Gasteiger partial charge on any atom is 0.163 e. The first kappa shape index (κ1) is 9.40. The van der Waals surface area contributed by atoms with E-state index >= 15 is 0 Å². The van der Waals surface area contributed by atoms with Gasteiger partial charge in [0.25, 0.3) is 0 Å². The lowest BCUT2D eigenvalue weighted by atomic mass is 10.0. The lowest BCUT2D eigenvalue weighted by molar-refractivity contribution is -0.132. The summed E-state index contributed by atoms with van der Waals surface area (Å²) in [5.74, 6) is 0.352. The highest BCUT2D eigenvalue weighted by Gasteiger charge is 2.33. The standard InChI is InChI=1S/C9H16O4/c10-4-8-6-12-9(13-8)7-2-1-3-11-5-7/h7-10H,1-6H2. The zero-order valence-corrected chi connectivity index (χ0v) is 7.65. The Kier molecular flexibility index (Phi) is 3.16. The molecule has 13 heavy (non-hydrogen) atoms. The van der Waals surface area contributed by atoms with Crippen LogP contribution in [0, 0.1) is 5.92 Å². The van der Waals surface area contributed by atoms with Crippen LogP contribution in [-0.4, -0.2) is 43.9 Å². The van der Waals surface area contributed by atoms with Crippen molar-refractivity contribution in [2.45, 2.75) is 25.2 Å². The zero-order chi connectivity index (χ0) is 9.10. The molecule has 2 saturated heterocycles. The summed E-state index contributed by atoms with van der Waals surface area (Å²) < 4.78 is 16.3. The summed E-state index contributed by atoms with van der Waals surface area (Å²) >= 11 is 0. The highest BCUT2D eigenvalue weighted by molar-refractivity contribution is 4.73. The Morgan fingerprint density at radius 1 is 1.31 bits per heavy atom. The molecule has 2 aliphatic heterocycles. The van der Waals surface area contributed by atoms with Crippen molar-refractivity contribution >= 4 is 0 Å². The molecule has 0 spiro atoms. The Hall–Kier alpha value is -0.160. The summed E-state index contributed by atoms with van der Waals surface area (Å²) in [7, 11) is 0. The van der Waals surface area contributed by atoms with Gasteiger partial charge in [0, 0.05) is 12.5 Å². The monoisotopic (exact) mass is 188 g/mol. The Bertz CT molecular complexity index is 156. The second-order valence-corrected chi connectivity index (χ2v) is 3.62. The number of hydrogen-bond donors (Lipinski definition) is 1. The molecule has 3 unspecified atom stereocenters. The molecule has 1 N–H and O–H groups in total. The van der Waals surface area contributed by atoms with Gasteiger partial charge in [-0.1, -0.05) is 0 Å². The Balaban J connectivity index is 1.80. The van der Waals surface area contributed by atoms with Gasteiger partial charge in [-0.2, -0.15) is 0 Å². The molecule has 0 aliphatic carbocycles. The van der Waals surface area contributed by atoms with Crippen LogP contribution >= 0.6 is 0 Å². The van der Waals surface area contributed by atoms with Crippen LogP contribution in [0.1, 0.15) is 12.8 Å². The van der Waals surface area contributed by atoms with Gasteiger partial charge in [0.2, 0.25) is 0 Å². The topological polar surface area (TPSA) is 47.9 Å². The lowest BCUT2D eigenvalue weighted by Gasteiger charge is -2.26. The third-order valence-corrected chi connectivity index (χ3v) is 2.56. The van der Waals surface area contributed by atoms with Gasteiger partial charge in [0.1, 0.15) is 6.10 Å². The number of aliphatic hydroxyl groups is 1. The molecule has 4 heteroatoms. The van der Waals surface area contributed by atoms with E-state index in [1.165, 1.54) is 0 Å². The summed E-state index contributed by atoms with van der Waals surface area (Å²) in [6, 6.07) is 0. The smallest absolute Gasteiger partial charge is 0.163 e. The molecule has 0 bridgehead atoms. The van der Waals surface area contributed by atoms with E-state index in [-0.39, 0.29) is 19.0 Å². The van der Waals surface area contributed by atoms with Gasteiger partial charge in [-0.05, 0) is 12.8 Å². The Labute approximate surface area is 77.8 Å². The van der Waals surface area contributed by atoms with Crippen molar-refractivity contribution in [3.8, 4) is 0 Å². The molecule has 2 heterocycles. The second-order valence-electron chi connectivity index (χ2n) is 3.62. The Morgan fingerprint density at radius 3 is 2.85 bits per heavy atom. The first-order valence-electron chi connectivity index (χ1n) is 4.86. The lowest BCUT2D eigenvalue weighted by Crippen LogP contribution is -2.30. The van der Waals surface area contributed by atoms with E-state index < -0.39 is 0 Å². The summed E-state index contributed by atoms with van der Waals surface area (Å²) in [6.45, 7) is 2.14.